The van der Waals surface area contributed by atoms with E-state index in [1.165, 1.54) is 4.90 Å². The van der Waals surface area contributed by atoms with E-state index in [4.69, 9.17) is 4.74 Å². The molecule has 0 bridgehead atoms. The summed E-state index contributed by atoms with van der Waals surface area (Å²) in [6, 6.07) is 19.8. The van der Waals surface area contributed by atoms with Gasteiger partial charge in [-0.15, -0.1) is 0 Å². The Labute approximate surface area is 215 Å². The van der Waals surface area contributed by atoms with Crippen LogP contribution in [0.2, 0.25) is 0 Å². The van der Waals surface area contributed by atoms with Crippen LogP contribution < -0.4 is 9.64 Å². The molecule has 10 heteroatoms. The van der Waals surface area contributed by atoms with Gasteiger partial charge < -0.3 is 14.7 Å². The van der Waals surface area contributed by atoms with Crippen LogP contribution in [0.3, 0.4) is 0 Å². The second kappa shape index (κ2) is 10.3. The quantitative estimate of drug-likeness (QED) is 0.377. The number of aryl methyl sites for hydroxylation is 1. The summed E-state index contributed by atoms with van der Waals surface area (Å²) in [5.41, 5.74) is -5.48. The van der Waals surface area contributed by atoms with Crippen LogP contribution in [0.25, 0.3) is 0 Å². The molecule has 2 atom stereocenters. The number of hydrogen-bond acceptors (Lipinski definition) is 3. The van der Waals surface area contributed by atoms with Crippen LogP contribution in [0.15, 0.2) is 78.9 Å². The number of carbonyl (C=O) groups excluding carboxylic acids is 1. The van der Waals surface area contributed by atoms with Crippen molar-refractivity contribution in [1.29, 1.82) is 0 Å². The highest BCUT2D eigenvalue weighted by Gasteiger charge is 2.71. The van der Waals surface area contributed by atoms with E-state index < -0.39 is 41.4 Å². The first-order chi connectivity index (χ1) is 17.8. The van der Waals surface area contributed by atoms with Crippen molar-refractivity contribution in [2.45, 2.75) is 49.7 Å². The summed E-state index contributed by atoms with van der Waals surface area (Å²) in [4.78, 5) is 15.0. The minimum atomic E-state index is -6.01. The minimum Gasteiger partial charge on any atom is -0.489 e. The molecule has 0 saturated carbocycles. The largest absolute Gasteiger partial charge is 0.489 e. The van der Waals surface area contributed by atoms with Gasteiger partial charge in [0, 0.05) is 11.3 Å². The van der Waals surface area contributed by atoms with E-state index >= 15 is 0 Å². The predicted octanol–water partition coefficient (Wildman–Crippen LogP) is 6.53. The topological polar surface area (TPSA) is 49.8 Å². The van der Waals surface area contributed by atoms with Crippen molar-refractivity contribution >= 4 is 11.6 Å². The van der Waals surface area contributed by atoms with E-state index in [1.807, 2.05) is 0 Å². The normalized spacial score (nSPS) is 17.4. The summed E-state index contributed by atoms with van der Waals surface area (Å²) in [5, 5.41) is 9.93. The Balaban J connectivity index is 1.77. The number of nitrogens with zero attached hydrogens (tertiary/aromatic N) is 1. The second-order valence-corrected chi connectivity index (χ2v) is 9.22. The summed E-state index contributed by atoms with van der Waals surface area (Å²) in [6.07, 6.45) is -12.4. The number of hydrogen-bond donors (Lipinski definition) is 1. The number of anilines is 1. The first-order valence-electron chi connectivity index (χ1n) is 11.9. The highest BCUT2D eigenvalue weighted by molar-refractivity contribution is 5.98. The van der Waals surface area contributed by atoms with Crippen molar-refractivity contribution < 1.29 is 41.0 Å². The molecule has 0 radical (unpaired) electrons. The molecule has 4 nitrogen and oxygen atoms in total. The first-order valence-corrected chi connectivity index (χ1v) is 11.9. The number of rotatable bonds is 5. The SMILES string of the molecule is C[C@@H](C(=O)N1C[C@@H](Oc2ccccc2)CCc2cc(C(O)(C(F)(F)F)C(F)(F)F)ccc21)c1ccccc1. The Morgan fingerprint density at radius 3 is 2.08 bits per heavy atom. The summed E-state index contributed by atoms with van der Waals surface area (Å²) >= 11 is 0. The fraction of sp³-hybridized carbons (Fsp3) is 0.321. The lowest BCUT2D eigenvalue weighted by molar-refractivity contribution is -0.376. The van der Waals surface area contributed by atoms with E-state index in [2.05, 4.69) is 0 Å². The fourth-order valence-corrected chi connectivity index (χ4v) is 4.59. The molecule has 1 aliphatic rings. The molecule has 0 spiro atoms. The van der Waals surface area contributed by atoms with Gasteiger partial charge in [0.1, 0.15) is 11.9 Å². The molecule has 1 N–H and O–H groups in total. The summed E-state index contributed by atoms with van der Waals surface area (Å²) in [7, 11) is 0. The number of halogens is 6. The maximum absolute atomic E-state index is 13.7. The molecule has 3 aromatic rings. The van der Waals surface area contributed by atoms with Crippen molar-refractivity contribution in [1.82, 2.24) is 0 Å². The molecule has 0 saturated heterocycles. The molecular weight excluding hydrogens is 512 g/mol. The Morgan fingerprint density at radius 1 is 0.921 bits per heavy atom. The second-order valence-electron chi connectivity index (χ2n) is 9.22. The lowest BCUT2D eigenvalue weighted by Crippen LogP contribution is -2.54. The van der Waals surface area contributed by atoms with Crippen LogP contribution in [0, 0.1) is 0 Å². The van der Waals surface area contributed by atoms with Crippen LogP contribution in [0.4, 0.5) is 32.0 Å². The zero-order valence-electron chi connectivity index (χ0n) is 20.3. The highest BCUT2D eigenvalue weighted by Crippen LogP contribution is 2.50. The summed E-state index contributed by atoms with van der Waals surface area (Å²) < 4.78 is 87.3. The van der Waals surface area contributed by atoms with E-state index in [1.54, 1.807) is 67.6 Å². The predicted molar refractivity (Wildman–Crippen MR) is 129 cm³/mol. The van der Waals surface area contributed by atoms with Crippen molar-refractivity contribution in [2.24, 2.45) is 0 Å². The first kappa shape index (κ1) is 27.5. The van der Waals surface area contributed by atoms with Crippen LogP contribution in [-0.4, -0.2) is 36.0 Å². The smallest absolute Gasteiger partial charge is 0.430 e. The highest BCUT2D eigenvalue weighted by atomic mass is 19.4. The molecule has 1 aliphatic heterocycles. The average molecular weight is 538 g/mol. The lowest BCUT2D eigenvalue weighted by atomic mass is 9.89. The molecule has 0 unspecified atom stereocenters. The summed E-state index contributed by atoms with van der Waals surface area (Å²) in [6.45, 7) is 1.70. The number of benzene rings is 3. The molecule has 0 aliphatic carbocycles. The number of fused-ring (bicyclic) bond motifs is 1. The van der Waals surface area contributed by atoms with Gasteiger partial charge >= 0.3 is 12.4 Å². The van der Waals surface area contributed by atoms with Crippen molar-refractivity contribution in [3.8, 4) is 5.75 Å². The minimum absolute atomic E-state index is 0.0238. The average Bonchev–Trinajstić information content (AvgIpc) is 3.06. The van der Waals surface area contributed by atoms with Gasteiger partial charge in [-0.25, -0.2) is 0 Å². The van der Waals surface area contributed by atoms with Gasteiger partial charge in [-0.3, -0.25) is 4.79 Å². The third-order valence-electron chi connectivity index (χ3n) is 6.71. The molecule has 1 heterocycles. The number of amides is 1. The third-order valence-corrected chi connectivity index (χ3v) is 6.71. The van der Waals surface area contributed by atoms with Gasteiger partial charge in [0.05, 0.1) is 12.5 Å². The zero-order chi connectivity index (χ0) is 27.7. The molecule has 4 rings (SSSR count). The van der Waals surface area contributed by atoms with Crippen molar-refractivity contribution in [2.75, 3.05) is 11.4 Å². The number of carbonyl (C=O) groups is 1. The molecule has 3 aromatic carbocycles. The standard InChI is InChI=1S/C28H25F6NO3/c1-18(19-8-4-2-5-9-19)25(36)35-17-23(38-22-10-6-3-7-11-22)14-12-20-16-21(13-15-24(20)35)26(37,27(29,30)31)28(32,33)34/h2-11,13,15-16,18,23,37H,12,14,17H2,1H3/t18-,23+/m1/s1. The van der Waals surface area contributed by atoms with Crippen molar-refractivity contribution in [3.05, 3.63) is 95.6 Å². The lowest BCUT2D eigenvalue weighted by Gasteiger charge is -2.34. The van der Waals surface area contributed by atoms with E-state index in [0.717, 1.165) is 6.07 Å². The monoisotopic (exact) mass is 537 g/mol. The van der Waals surface area contributed by atoms with Crippen molar-refractivity contribution in [3.63, 3.8) is 0 Å². The van der Waals surface area contributed by atoms with Gasteiger partial charge in [0.2, 0.25) is 5.91 Å². The molecule has 0 aromatic heterocycles. The van der Waals surface area contributed by atoms with Gasteiger partial charge in [-0.05, 0) is 49.1 Å². The molecule has 0 fully saturated rings. The Morgan fingerprint density at radius 2 is 1.50 bits per heavy atom. The van der Waals surface area contributed by atoms with E-state index in [0.29, 0.717) is 23.4 Å². The number of ether oxygens (including phenoxy) is 1. The maximum Gasteiger partial charge on any atom is 0.430 e. The van der Waals surface area contributed by atoms with Crippen LogP contribution in [0.1, 0.15) is 36.0 Å². The van der Waals surface area contributed by atoms with Gasteiger partial charge in [0.15, 0.2) is 0 Å². The number of aliphatic hydroxyl groups is 1. The van der Waals surface area contributed by atoms with E-state index in [9.17, 15) is 36.2 Å². The Hall–Kier alpha value is -3.53. The van der Waals surface area contributed by atoms with Gasteiger partial charge in [-0.1, -0.05) is 60.7 Å². The van der Waals surface area contributed by atoms with Crippen LogP contribution >= 0.6 is 0 Å². The third kappa shape index (κ3) is 5.22. The number of para-hydroxylation sites is 1. The zero-order valence-corrected chi connectivity index (χ0v) is 20.3. The van der Waals surface area contributed by atoms with Crippen LogP contribution in [0.5, 0.6) is 5.75 Å². The van der Waals surface area contributed by atoms with Gasteiger partial charge in [0.25, 0.3) is 5.60 Å². The van der Waals surface area contributed by atoms with E-state index in [-0.39, 0.29) is 30.6 Å². The molecule has 1 amide bonds. The summed E-state index contributed by atoms with van der Waals surface area (Å²) in [5.74, 6) is -0.534. The Kier molecular flexibility index (Phi) is 7.47. The molecule has 202 valence electrons. The number of alkyl halides is 6. The molecule has 38 heavy (non-hydrogen) atoms. The molecular formula is C28H25F6NO3. The van der Waals surface area contributed by atoms with Crippen LogP contribution in [-0.2, 0) is 16.8 Å². The fourth-order valence-electron chi connectivity index (χ4n) is 4.59. The van der Waals surface area contributed by atoms with Gasteiger partial charge in [-0.2, -0.15) is 26.3 Å². The maximum atomic E-state index is 13.7. The Bertz CT molecular complexity index is 1250.